The lowest BCUT2D eigenvalue weighted by Crippen LogP contribution is -2.26. The van der Waals surface area contributed by atoms with E-state index in [1.165, 1.54) is 18.2 Å². The van der Waals surface area contributed by atoms with Crippen molar-refractivity contribution < 1.29 is 13.9 Å². The van der Waals surface area contributed by atoms with E-state index in [4.69, 9.17) is 4.74 Å². The molecule has 1 aromatic carbocycles. The van der Waals surface area contributed by atoms with Gasteiger partial charge in [0.25, 0.3) is 0 Å². The van der Waals surface area contributed by atoms with E-state index in [0.717, 1.165) is 5.56 Å². The fourth-order valence-corrected chi connectivity index (χ4v) is 2.09. The van der Waals surface area contributed by atoms with Crippen LogP contribution in [0.3, 0.4) is 0 Å². The van der Waals surface area contributed by atoms with E-state index >= 15 is 0 Å². The fourth-order valence-electron chi connectivity index (χ4n) is 2.09. The second-order valence-corrected chi connectivity index (χ2v) is 4.15. The highest BCUT2D eigenvalue weighted by Crippen LogP contribution is 2.32. The minimum absolute atomic E-state index is 0.122. The molecule has 1 aromatic heterocycles. The molecule has 1 atom stereocenters. The van der Waals surface area contributed by atoms with Gasteiger partial charge in [-0.05, 0) is 29.8 Å². The maximum atomic E-state index is 13.2. The Kier molecular flexibility index (Phi) is 2.55. The second-order valence-electron chi connectivity index (χ2n) is 4.15. The molecule has 2 aromatic rings. The number of rotatable bonds is 1. The molecule has 3 nitrogen and oxygen atoms in total. The number of carbonyl (C=O) groups excluding carboxylic acids is 1. The van der Waals surface area contributed by atoms with E-state index in [0.29, 0.717) is 11.3 Å². The van der Waals surface area contributed by atoms with Crippen LogP contribution in [0.15, 0.2) is 42.7 Å². The molecule has 0 N–H and O–H groups in total. The average molecular weight is 243 g/mol. The Bertz CT molecular complexity index is 598. The van der Waals surface area contributed by atoms with Crippen molar-refractivity contribution in [2.45, 2.75) is 5.92 Å². The number of ketones is 1. The quantitative estimate of drug-likeness (QED) is 0.772. The molecule has 18 heavy (non-hydrogen) atoms. The summed E-state index contributed by atoms with van der Waals surface area (Å²) in [6.45, 7) is 0.267. The van der Waals surface area contributed by atoms with Crippen LogP contribution in [0.5, 0.6) is 5.75 Å². The van der Waals surface area contributed by atoms with Crippen LogP contribution in [-0.2, 0) is 0 Å². The van der Waals surface area contributed by atoms with Crippen LogP contribution in [0.4, 0.5) is 4.39 Å². The Morgan fingerprint density at radius 3 is 3.00 bits per heavy atom. The topological polar surface area (TPSA) is 39.2 Å². The van der Waals surface area contributed by atoms with E-state index in [1.54, 1.807) is 18.5 Å². The molecular weight excluding hydrogens is 233 g/mol. The third-order valence-electron chi connectivity index (χ3n) is 3.02. The molecule has 0 amide bonds. The Morgan fingerprint density at radius 1 is 1.33 bits per heavy atom. The molecule has 1 unspecified atom stereocenters. The molecule has 0 radical (unpaired) electrons. The van der Waals surface area contributed by atoms with Gasteiger partial charge in [-0.3, -0.25) is 9.78 Å². The molecule has 0 saturated heterocycles. The van der Waals surface area contributed by atoms with Gasteiger partial charge in [-0.1, -0.05) is 6.07 Å². The van der Waals surface area contributed by atoms with E-state index in [-0.39, 0.29) is 12.4 Å². The lowest BCUT2D eigenvalue weighted by molar-refractivity contribution is 0.0895. The van der Waals surface area contributed by atoms with Gasteiger partial charge in [-0.2, -0.15) is 0 Å². The van der Waals surface area contributed by atoms with Gasteiger partial charge in [-0.25, -0.2) is 4.39 Å². The predicted octanol–water partition coefficient (Wildman–Crippen LogP) is 2.58. The molecule has 0 fully saturated rings. The minimum Gasteiger partial charge on any atom is -0.492 e. The molecule has 0 spiro atoms. The molecule has 4 heteroatoms. The summed E-state index contributed by atoms with van der Waals surface area (Å²) in [7, 11) is 0. The summed E-state index contributed by atoms with van der Waals surface area (Å²) in [6, 6.07) is 7.59. The summed E-state index contributed by atoms with van der Waals surface area (Å²) in [5.74, 6) is -0.518. The Hall–Kier alpha value is -2.23. The number of nitrogens with zero attached hydrogens (tertiary/aromatic N) is 1. The standard InChI is InChI=1S/C14H10FNO2/c15-10-3-4-13-11(6-10)14(17)12(8-18-13)9-2-1-5-16-7-9/h1-7,12H,8H2. The summed E-state index contributed by atoms with van der Waals surface area (Å²) in [5.41, 5.74) is 1.09. The van der Waals surface area contributed by atoms with Gasteiger partial charge in [-0.15, -0.1) is 0 Å². The van der Waals surface area contributed by atoms with Crippen molar-refractivity contribution in [1.82, 2.24) is 4.98 Å². The number of benzene rings is 1. The van der Waals surface area contributed by atoms with Gasteiger partial charge in [0.2, 0.25) is 0 Å². The molecular formula is C14H10FNO2. The van der Waals surface area contributed by atoms with E-state index in [1.807, 2.05) is 6.07 Å². The number of ether oxygens (including phenoxy) is 1. The summed E-state index contributed by atoms with van der Waals surface area (Å²) in [4.78, 5) is 16.3. The van der Waals surface area contributed by atoms with Crippen molar-refractivity contribution in [1.29, 1.82) is 0 Å². The summed E-state index contributed by atoms with van der Waals surface area (Å²) in [6.07, 6.45) is 3.28. The van der Waals surface area contributed by atoms with Gasteiger partial charge in [0.15, 0.2) is 5.78 Å². The molecule has 0 saturated carbocycles. The van der Waals surface area contributed by atoms with Crippen molar-refractivity contribution >= 4 is 5.78 Å². The molecule has 2 heterocycles. The lowest BCUT2D eigenvalue weighted by atomic mass is 9.90. The normalized spacial score (nSPS) is 18.1. The van der Waals surface area contributed by atoms with E-state index < -0.39 is 11.7 Å². The number of halogens is 1. The van der Waals surface area contributed by atoms with Gasteiger partial charge >= 0.3 is 0 Å². The maximum absolute atomic E-state index is 13.2. The van der Waals surface area contributed by atoms with Crippen LogP contribution in [0.2, 0.25) is 0 Å². The SMILES string of the molecule is O=C1c2cc(F)ccc2OCC1c1cccnc1. The zero-order valence-electron chi connectivity index (χ0n) is 9.47. The molecule has 1 aliphatic heterocycles. The highest BCUT2D eigenvalue weighted by Gasteiger charge is 2.30. The fraction of sp³-hybridized carbons (Fsp3) is 0.143. The van der Waals surface area contributed by atoms with Crippen LogP contribution < -0.4 is 4.74 Å². The second kappa shape index (κ2) is 4.22. The number of aromatic nitrogens is 1. The lowest BCUT2D eigenvalue weighted by Gasteiger charge is -2.24. The predicted molar refractivity (Wildman–Crippen MR) is 63.2 cm³/mol. The number of hydrogen-bond donors (Lipinski definition) is 0. The molecule has 0 bridgehead atoms. The summed E-state index contributed by atoms with van der Waals surface area (Å²) >= 11 is 0. The number of carbonyl (C=O) groups is 1. The first kappa shape index (κ1) is 10.9. The average Bonchev–Trinajstić information content (AvgIpc) is 2.41. The minimum atomic E-state index is -0.433. The van der Waals surface area contributed by atoms with E-state index in [9.17, 15) is 9.18 Å². The smallest absolute Gasteiger partial charge is 0.177 e. The zero-order chi connectivity index (χ0) is 12.5. The largest absolute Gasteiger partial charge is 0.492 e. The van der Waals surface area contributed by atoms with Gasteiger partial charge in [0, 0.05) is 12.4 Å². The Balaban J connectivity index is 2.02. The van der Waals surface area contributed by atoms with Crippen LogP contribution in [0, 0.1) is 5.82 Å². The number of pyridine rings is 1. The first-order valence-electron chi connectivity index (χ1n) is 5.62. The third-order valence-corrected chi connectivity index (χ3v) is 3.02. The van der Waals surface area contributed by atoms with Crippen LogP contribution >= 0.6 is 0 Å². The molecule has 0 aliphatic carbocycles. The number of hydrogen-bond acceptors (Lipinski definition) is 3. The molecule has 3 rings (SSSR count). The van der Waals surface area contributed by atoms with Crippen molar-refractivity contribution in [3.63, 3.8) is 0 Å². The van der Waals surface area contributed by atoms with Crippen LogP contribution in [-0.4, -0.2) is 17.4 Å². The third kappa shape index (κ3) is 1.76. The van der Waals surface area contributed by atoms with Gasteiger partial charge < -0.3 is 4.74 Å². The highest BCUT2D eigenvalue weighted by molar-refractivity contribution is 6.04. The maximum Gasteiger partial charge on any atom is 0.177 e. The van der Waals surface area contributed by atoms with Gasteiger partial charge in [0.05, 0.1) is 11.5 Å². The monoisotopic (exact) mass is 243 g/mol. The molecule has 90 valence electrons. The zero-order valence-corrected chi connectivity index (χ0v) is 9.47. The highest BCUT2D eigenvalue weighted by atomic mass is 19.1. The van der Waals surface area contributed by atoms with Crippen LogP contribution in [0.1, 0.15) is 21.8 Å². The Labute approximate surface area is 103 Å². The van der Waals surface area contributed by atoms with Crippen molar-refractivity contribution in [2.75, 3.05) is 6.61 Å². The van der Waals surface area contributed by atoms with Crippen molar-refractivity contribution in [3.05, 3.63) is 59.7 Å². The molecule has 1 aliphatic rings. The number of fused-ring (bicyclic) bond motifs is 1. The summed E-state index contributed by atoms with van der Waals surface area (Å²) in [5, 5.41) is 0. The van der Waals surface area contributed by atoms with Crippen LogP contribution in [0.25, 0.3) is 0 Å². The first-order valence-corrected chi connectivity index (χ1v) is 5.62. The Morgan fingerprint density at radius 2 is 2.22 bits per heavy atom. The summed E-state index contributed by atoms with van der Waals surface area (Å²) < 4.78 is 18.7. The number of Topliss-reactive ketones (excluding diaryl/α,β-unsaturated/α-hetero) is 1. The first-order chi connectivity index (χ1) is 8.75. The van der Waals surface area contributed by atoms with E-state index in [2.05, 4.69) is 4.98 Å². The van der Waals surface area contributed by atoms with Crippen molar-refractivity contribution in [2.24, 2.45) is 0 Å². The van der Waals surface area contributed by atoms with Gasteiger partial charge in [0.1, 0.15) is 18.2 Å². The van der Waals surface area contributed by atoms with Crippen molar-refractivity contribution in [3.8, 4) is 5.75 Å².